The minimum Gasteiger partial charge on any atom is -0.496 e. The summed E-state index contributed by atoms with van der Waals surface area (Å²) < 4.78 is 20.0. The summed E-state index contributed by atoms with van der Waals surface area (Å²) in [6, 6.07) is 5.32. The second-order valence-corrected chi connectivity index (χ2v) is 7.10. The first kappa shape index (κ1) is 20.0. The zero-order chi connectivity index (χ0) is 20.3. The molecule has 1 aliphatic heterocycles. The van der Waals surface area contributed by atoms with Gasteiger partial charge in [-0.25, -0.2) is 9.18 Å². The van der Waals surface area contributed by atoms with E-state index in [4.69, 9.17) is 4.74 Å². The van der Waals surface area contributed by atoms with Crippen LogP contribution in [0.25, 0.3) is 0 Å². The van der Waals surface area contributed by atoms with Crippen molar-refractivity contribution in [3.05, 3.63) is 62.2 Å². The average molecular weight is 389 g/mol. The number of rotatable bonds is 6. The Kier molecular flexibility index (Phi) is 6.08. The highest BCUT2D eigenvalue weighted by molar-refractivity contribution is 6.00. The zero-order valence-corrected chi connectivity index (χ0v) is 16.0. The molecule has 1 saturated heterocycles. The SMILES string of the molecule is COc1ccc(F)cc1C(=O)C1CCCN(CCn2c(=O)cc(C)[nH]c2=O)C1. The lowest BCUT2D eigenvalue weighted by Gasteiger charge is -2.32. The van der Waals surface area contributed by atoms with Gasteiger partial charge in [0.05, 0.1) is 12.7 Å². The van der Waals surface area contributed by atoms with E-state index in [0.717, 1.165) is 17.5 Å². The normalized spacial score (nSPS) is 17.5. The first-order valence-corrected chi connectivity index (χ1v) is 9.30. The van der Waals surface area contributed by atoms with Gasteiger partial charge in [0.1, 0.15) is 11.6 Å². The molecule has 1 N–H and O–H groups in total. The number of piperidine rings is 1. The summed E-state index contributed by atoms with van der Waals surface area (Å²) in [7, 11) is 1.45. The van der Waals surface area contributed by atoms with Crippen molar-refractivity contribution in [2.45, 2.75) is 26.3 Å². The van der Waals surface area contributed by atoms with Gasteiger partial charge in [0.15, 0.2) is 5.78 Å². The van der Waals surface area contributed by atoms with Crippen LogP contribution in [-0.2, 0) is 6.54 Å². The van der Waals surface area contributed by atoms with Gasteiger partial charge in [-0.05, 0) is 44.5 Å². The molecule has 0 amide bonds. The van der Waals surface area contributed by atoms with Crippen molar-refractivity contribution >= 4 is 5.78 Å². The van der Waals surface area contributed by atoms with Crippen LogP contribution < -0.4 is 16.0 Å². The van der Waals surface area contributed by atoms with E-state index in [1.54, 1.807) is 6.92 Å². The number of carbonyl (C=O) groups is 1. The van der Waals surface area contributed by atoms with Crippen molar-refractivity contribution < 1.29 is 13.9 Å². The number of halogens is 1. The van der Waals surface area contributed by atoms with E-state index >= 15 is 0 Å². The van der Waals surface area contributed by atoms with E-state index in [1.807, 2.05) is 0 Å². The molecule has 1 aromatic carbocycles. The Morgan fingerprint density at radius 2 is 2.07 bits per heavy atom. The molecular formula is C20H24FN3O4. The fourth-order valence-electron chi connectivity index (χ4n) is 3.65. The van der Waals surface area contributed by atoms with Crippen LogP contribution in [0.3, 0.4) is 0 Å². The molecule has 1 fully saturated rings. The lowest BCUT2D eigenvalue weighted by Crippen LogP contribution is -2.43. The molecule has 7 nitrogen and oxygen atoms in total. The molecule has 1 aliphatic rings. The lowest BCUT2D eigenvalue weighted by atomic mass is 9.89. The number of nitrogens with zero attached hydrogens (tertiary/aromatic N) is 2. The summed E-state index contributed by atoms with van der Waals surface area (Å²) in [5.74, 6) is -0.542. The van der Waals surface area contributed by atoms with E-state index in [9.17, 15) is 18.8 Å². The highest BCUT2D eigenvalue weighted by atomic mass is 19.1. The second-order valence-electron chi connectivity index (χ2n) is 7.10. The van der Waals surface area contributed by atoms with Crippen LogP contribution in [0.5, 0.6) is 5.75 Å². The van der Waals surface area contributed by atoms with E-state index in [2.05, 4.69) is 9.88 Å². The first-order chi connectivity index (χ1) is 13.4. The molecule has 0 aliphatic carbocycles. The fraction of sp³-hybridized carbons (Fsp3) is 0.450. The van der Waals surface area contributed by atoms with Gasteiger partial charge >= 0.3 is 5.69 Å². The maximum Gasteiger partial charge on any atom is 0.328 e. The number of methoxy groups -OCH3 is 1. The third kappa shape index (κ3) is 4.39. The van der Waals surface area contributed by atoms with Crippen LogP contribution in [0.4, 0.5) is 4.39 Å². The Hall–Kier alpha value is -2.74. The zero-order valence-electron chi connectivity index (χ0n) is 16.0. The van der Waals surface area contributed by atoms with Crippen LogP contribution >= 0.6 is 0 Å². The standard InChI is InChI=1S/C20H24FN3O4/c1-13-10-18(25)24(20(27)22-13)9-8-23-7-3-4-14(12-23)19(26)16-11-15(21)5-6-17(16)28-2/h5-6,10-11,14H,3-4,7-9,12H2,1-2H3,(H,22,27). The van der Waals surface area contributed by atoms with Crippen molar-refractivity contribution in [3.63, 3.8) is 0 Å². The maximum absolute atomic E-state index is 13.6. The van der Waals surface area contributed by atoms with Crippen molar-refractivity contribution in [1.82, 2.24) is 14.5 Å². The monoisotopic (exact) mass is 389 g/mol. The number of aryl methyl sites for hydroxylation is 1. The Balaban J connectivity index is 1.69. The lowest BCUT2D eigenvalue weighted by molar-refractivity contribution is 0.0811. The third-order valence-corrected chi connectivity index (χ3v) is 5.10. The van der Waals surface area contributed by atoms with E-state index in [0.29, 0.717) is 31.0 Å². The van der Waals surface area contributed by atoms with Crippen LogP contribution in [0, 0.1) is 18.7 Å². The summed E-state index contributed by atoms with van der Waals surface area (Å²) in [4.78, 5) is 41.6. The molecule has 1 atom stereocenters. The average Bonchev–Trinajstić information content (AvgIpc) is 2.66. The van der Waals surface area contributed by atoms with E-state index in [-0.39, 0.29) is 29.4 Å². The first-order valence-electron chi connectivity index (χ1n) is 9.30. The topological polar surface area (TPSA) is 84.4 Å². The number of hydrogen-bond donors (Lipinski definition) is 1. The molecule has 2 heterocycles. The number of hydrogen-bond acceptors (Lipinski definition) is 5. The van der Waals surface area contributed by atoms with Crippen LogP contribution in [0.15, 0.2) is 33.9 Å². The molecule has 1 aromatic heterocycles. The minimum atomic E-state index is -0.477. The molecular weight excluding hydrogens is 365 g/mol. The van der Waals surface area contributed by atoms with Gasteiger partial charge in [0, 0.05) is 37.3 Å². The minimum absolute atomic E-state index is 0.147. The second kappa shape index (κ2) is 8.52. The molecule has 2 aromatic rings. The molecule has 0 spiro atoms. The van der Waals surface area contributed by atoms with Crippen LogP contribution in [0.2, 0.25) is 0 Å². The Bertz CT molecular complexity index is 951. The molecule has 150 valence electrons. The molecule has 0 saturated carbocycles. The highest BCUT2D eigenvalue weighted by Crippen LogP contribution is 2.27. The van der Waals surface area contributed by atoms with Crippen molar-refractivity contribution in [2.24, 2.45) is 5.92 Å². The summed E-state index contributed by atoms with van der Waals surface area (Å²) >= 11 is 0. The summed E-state index contributed by atoms with van der Waals surface area (Å²) in [6.07, 6.45) is 1.52. The predicted octanol–water partition coefficient (Wildman–Crippen LogP) is 1.59. The number of Topliss-reactive ketones (excluding diaryl/α,β-unsaturated/α-hetero) is 1. The van der Waals surface area contributed by atoms with Crippen molar-refractivity contribution in [1.29, 1.82) is 0 Å². The highest BCUT2D eigenvalue weighted by Gasteiger charge is 2.28. The van der Waals surface area contributed by atoms with Gasteiger partial charge in [0.25, 0.3) is 5.56 Å². The third-order valence-electron chi connectivity index (χ3n) is 5.10. The van der Waals surface area contributed by atoms with Gasteiger partial charge in [0.2, 0.25) is 0 Å². The Morgan fingerprint density at radius 3 is 2.79 bits per heavy atom. The van der Waals surface area contributed by atoms with Crippen LogP contribution in [0.1, 0.15) is 28.9 Å². The van der Waals surface area contributed by atoms with Crippen molar-refractivity contribution in [2.75, 3.05) is 26.7 Å². The predicted molar refractivity (Wildman–Crippen MR) is 103 cm³/mol. The Morgan fingerprint density at radius 1 is 1.29 bits per heavy atom. The fourth-order valence-corrected chi connectivity index (χ4v) is 3.65. The number of aromatic amines is 1. The number of H-pyrrole nitrogens is 1. The van der Waals surface area contributed by atoms with Gasteiger partial charge in [-0.1, -0.05) is 0 Å². The molecule has 0 bridgehead atoms. The van der Waals surface area contributed by atoms with Gasteiger partial charge in [-0.15, -0.1) is 0 Å². The molecule has 8 heteroatoms. The number of aromatic nitrogens is 2. The summed E-state index contributed by atoms with van der Waals surface area (Å²) in [6.45, 7) is 3.67. The summed E-state index contributed by atoms with van der Waals surface area (Å²) in [5, 5.41) is 0. The molecule has 28 heavy (non-hydrogen) atoms. The Labute approximate surface area is 161 Å². The number of ether oxygens (including phenoxy) is 1. The largest absolute Gasteiger partial charge is 0.496 e. The van der Waals surface area contributed by atoms with Crippen molar-refractivity contribution in [3.8, 4) is 5.75 Å². The molecule has 1 unspecified atom stereocenters. The number of nitrogens with one attached hydrogen (secondary N) is 1. The van der Waals surface area contributed by atoms with Gasteiger partial charge in [-0.3, -0.25) is 14.2 Å². The quantitative estimate of drug-likeness (QED) is 0.759. The van der Waals surface area contributed by atoms with E-state index in [1.165, 1.54) is 31.4 Å². The van der Waals surface area contributed by atoms with Gasteiger partial charge < -0.3 is 14.6 Å². The van der Waals surface area contributed by atoms with Crippen LogP contribution in [-0.4, -0.2) is 47.0 Å². The van der Waals surface area contributed by atoms with E-state index < -0.39 is 11.5 Å². The molecule has 3 rings (SSSR count). The number of benzene rings is 1. The number of ketones is 1. The van der Waals surface area contributed by atoms with Gasteiger partial charge in [-0.2, -0.15) is 0 Å². The smallest absolute Gasteiger partial charge is 0.328 e. The maximum atomic E-state index is 13.6. The molecule has 0 radical (unpaired) electrons. The summed E-state index contributed by atoms with van der Waals surface area (Å²) in [5.41, 5.74) is 0.00832. The number of carbonyl (C=O) groups excluding carboxylic acids is 1. The number of likely N-dealkylation sites (tertiary alicyclic amines) is 1.